The van der Waals surface area contributed by atoms with Crippen LogP contribution in [0, 0.1) is 6.92 Å². The first-order valence-electron chi connectivity index (χ1n) is 4.56. The summed E-state index contributed by atoms with van der Waals surface area (Å²) in [6.45, 7) is 1.61. The van der Waals surface area contributed by atoms with E-state index in [1.165, 1.54) is 18.2 Å². The van der Waals surface area contributed by atoms with Crippen molar-refractivity contribution < 1.29 is 21.6 Å². The van der Waals surface area contributed by atoms with Gasteiger partial charge in [0.2, 0.25) is 0 Å². The Morgan fingerprint density at radius 2 is 2.00 bits per heavy atom. The Bertz CT molecular complexity index is 728. The predicted molar refractivity (Wildman–Crippen MR) is 59.4 cm³/mol. The third kappa shape index (κ3) is 2.63. The van der Waals surface area contributed by atoms with Crippen molar-refractivity contribution >= 4 is 21.4 Å². The van der Waals surface area contributed by atoms with E-state index < -0.39 is 16.0 Å². The fraction of sp³-hybridized carbons (Fsp3) is 0.100. The number of benzene rings is 1. The molecule has 0 atom stereocenters. The molecule has 1 heterocycles. The third-order valence-corrected chi connectivity index (χ3v) is 2.49. The molecule has 0 fully saturated rings. The summed E-state index contributed by atoms with van der Waals surface area (Å²) in [7, 11) is -4.58. The topological polar surface area (TPSA) is 93.8 Å². The van der Waals surface area contributed by atoms with Crippen molar-refractivity contribution in [2.24, 2.45) is 0 Å². The molecule has 2 aromatic rings. The first-order valence-corrected chi connectivity index (χ1v) is 5.93. The molecule has 0 radical (unpaired) electrons. The Kier molecular flexibility index (Phi) is 2.64. The molecule has 6 nitrogen and oxygen atoms in total. The highest BCUT2D eigenvalue weighted by atomic mass is 32.3. The molecule has 17 heavy (non-hydrogen) atoms. The maximum absolute atomic E-state index is 11.3. The quantitative estimate of drug-likeness (QED) is 0.642. The molecule has 0 spiro atoms. The average Bonchev–Trinajstić information content (AvgIpc) is 2.18. The number of aryl methyl sites for hydroxylation is 1. The average molecular weight is 256 g/mol. The van der Waals surface area contributed by atoms with E-state index in [-0.39, 0.29) is 11.3 Å². The first kappa shape index (κ1) is 11.6. The van der Waals surface area contributed by atoms with Crippen molar-refractivity contribution in [2.45, 2.75) is 6.92 Å². The van der Waals surface area contributed by atoms with E-state index in [2.05, 4.69) is 4.18 Å². The molecule has 0 saturated carbocycles. The zero-order valence-electron chi connectivity index (χ0n) is 8.71. The largest absolute Gasteiger partial charge is 0.446 e. The van der Waals surface area contributed by atoms with Gasteiger partial charge in [0, 0.05) is 17.0 Å². The van der Waals surface area contributed by atoms with Gasteiger partial charge >= 0.3 is 16.0 Å². The lowest BCUT2D eigenvalue weighted by molar-refractivity contribution is 0.386. The monoisotopic (exact) mass is 256 g/mol. The summed E-state index contributed by atoms with van der Waals surface area (Å²) in [4.78, 5) is 11.3. The second kappa shape index (κ2) is 3.86. The molecular weight excluding hydrogens is 248 g/mol. The molecule has 0 aliphatic rings. The Labute approximate surface area is 96.4 Å². The minimum atomic E-state index is -4.58. The summed E-state index contributed by atoms with van der Waals surface area (Å²) in [5.41, 5.74) is 0.115. The zero-order chi connectivity index (χ0) is 12.6. The summed E-state index contributed by atoms with van der Waals surface area (Å²) in [6, 6.07) is 5.68. The Morgan fingerprint density at radius 1 is 1.29 bits per heavy atom. The second-order valence-corrected chi connectivity index (χ2v) is 4.45. The standard InChI is InChI=1S/C10H8O6S/c1-6-4-7-2-3-8(16-17(12,13)14)5-9(7)15-10(6)11/h2-5H,1H3,(H,12,13,14). The maximum atomic E-state index is 11.3. The van der Waals surface area contributed by atoms with Crippen LogP contribution < -0.4 is 9.81 Å². The maximum Gasteiger partial charge on any atom is 0.446 e. The van der Waals surface area contributed by atoms with Crippen molar-refractivity contribution in [3.05, 3.63) is 40.2 Å². The van der Waals surface area contributed by atoms with Crippen LogP contribution in [0.5, 0.6) is 5.75 Å². The second-order valence-electron chi connectivity index (χ2n) is 3.43. The number of fused-ring (bicyclic) bond motifs is 1. The Morgan fingerprint density at radius 3 is 2.65 bits per heavy atom. The van der Waals surface area contributed by atoms with Crippen LogP contribution in [0.4, 0.5) is 0 Å². The van der Waals surface area contributed by atoms with Gasteiger partial charge < -0.3 is 8.60 Å². The number of hydrogen-bond donors (Lipinski definition) is 1. The minimum absolute atomic E-state index is 0.132. The lowest BCUT2D eigenvalue weighted by Crippen LogP contribution is -2.07. The normalized spacial score (nSPS) is 11.6. The minimum Gasteiger partial charge on any atom is -0.422 e. The molecule has 0 saturated heterocycles. The summed E-state index contributed by atoms with van der Waals surface area (Å²) < 4.78 is 38.7. The smallest absolute Gasteiger partial charge is 0.422 e. The highest BCUT2D eigenvalue weighted by molar-refractivity contribution is 7.81. The molecule has 0 aliphatic carbocycles. The molecule has 7 heteroatoms. The van der Waals surface area contributed by atoms with Crippen LogP contribution in [0.1, 0.15) is 5.56 Å². The fourth-order valence-corrected chi connectivity index (χ4v) is 1.72. The van der Waals surface area contributed by atoms with Gasteiger partial charge in [0.25, 0.3) is 0 Å². The van der Waals surface area contributed by atoms with Crippen LogP contribution in [0.2, 0.25) is 0 Å². The van der Waals surface area contributed by atoms with Gasteiger partial charge in [-0.1, -0.05) is 0 Å². The van der Waals surface area contributed by atoms with Gasteiger partial charge in [0.05, 0.1) is 0 Å². The highest BCUT2D eigenvalue weighted by Gasteiger charge is 2.09. The third-order valence-electron chi connectivity index (χ3n) is 2.08. The molecular formula is C10H8O6S. The molecule has 1 aromatic carbocycles. The summed E-state index contributed by atoms with van der Waals surface area (Å²) >= 11 is 0. The predicted octanol–water partition coefficient (Wildman–Crippen LogP) is 1.28. The van der Waals surface area contributed by atoms with Crippen LogP contribution in [0.25, 0.3) is 11.0 Å². The zero-order valence-corrected chi connectivity index (χ0v) is 9.52. The van der Waals surface area contributed by atoms with Crippen molar-refractivity contribution in [1.82, 2.24) is 0 Å². The summed E-state index contributed by atoms with van der Waals surface area (Å²) in [5.74, 6) is -0.132. The van der Waals surface area contributed by atoms with Gasteiger partial charge in [-0.05, 0) is 25.1 Å². The van der Waals surface area contributed by atoms with Crippen LogP contribution >= 0.6 is 0 Å². The van der Waals surface area contributed by atoms with E-state index in [0.29, 0.717) is 10.9 Å². The van der Waals surface area contributed by atoms with Gasteiger partial charge in [0.1, 0.15) is 11.3 Å². The summed E-state index contributed by atoms with van der Waals surface area (Å²) in [6.07, 6.45) is 0. The molecule has 90 valence electrons. The molecule has 1 aromatic heterocycles. The van der Waals surface area contributed by atoms with E-state index in [4.69, 9.17) is 8.97 Å². The molecule has 1 N–H and O–H groups in total. The van der Waals surface area contributed by atoms with E-state index >= 15 is 0 Å². The summed E-state index contributed by atoms with van der Waals surface area (Å²) in [5, 5.41) is 0.629. The van der Waals surface area contributed by atoms with E-state index in [0.717, 1.165) is 0 Å². The molecule has 0 aliphatic heterocycles. The van der Waals surface area contributed by atoms with Gasteiger partial charge in [-0.25, -0.2) is 4.79 Å². The lowest BCUT2D eigenvalue weighted by atomic mass is 10.2. The van der Waals surface area contributed by atoms with Gasteiger partial charge in [-0.15, -0.1) is 0 Å². The van der Waals surface area contributed by atoms with E-state index in [1.54, 1.807) is 13.0 Å². The van der Waals surface area contributed by atoms with Crippen molar-refractivity contribution in [1.29, 1.82) is 0 Å². The SMILES string of the molecule is Cc1cc2ccc(OS(=O)(=O)O)cc2oc1=O. The van der Waals surface area contributed by atoms with Crippen molar-refractivity contribution in [3.63, 3.8) is 0 Å². The fourth-order valence-electron chi connectivity index (χ4n) is 1.37. The lowest BCUT2D eigenvalue weighted by Gasteiger charge is -2.02. The molecule has 0 bridgehead atoms. The van der Waals surface area contributed by atoms with Crippen LogP contribution in [0.3, 0.4) is 0 Å². The number of hydrogen-bond acceptors (Lipinski definition) is 5. The van der Waals surface area contributed by atoms with Crippen molar-refractivity contribution in [2.75, 3.05) is 0 Å². The Balaban J connectivity index is 2.58. The highest BCUT2D eigenvalue weighted by Crippen LogP contribution is 2.21. The molecule has 2 rings (SSSR count). The van der Waals surface area contributed by atoms with Gasteiger partial charge in [-0.2, -0.15) is 8.42 Å². The van der Waals surface area contributed by atoms with Crippen LogP contribution in [-0.2, 0) is 10.4 Å². The molecule has 0 unspecified atom stereocenters. The number of rotatable bonds is 2. The van der Waals surface area contributed by atoms with Crippen LogP contribution in [0.15, 0.2) is 33.5 Å². The van der Waals surface area contributed by atoms with E-state index in [9.17, 15) is 13.2 Å². The van der Waals surface area contributed by atoms with Gasteiger partial charge in [-0.3, -0.25) is 4.55 Å². The van der Waals surface area contributed by atoms with Crippen molar-refractivity contribution in [3.8, 4) is 5.75 Å². The van der Waals surface area contributed by atoms with Crippen LogP contribution in [-0.4, -0.2) is 13.0 Å². The first-order chi connectivity index (χ1) is 7.85. The Hall–Kier alpha value is -1.86. The van der Waals surface area contributed by atoms with E-state index in [1.807, 2.05) is 0 Å². The molecule has 0 amide bonds. The van der Waals surface area contributed by atoms with Gasteiger partial charge in [0.15, 0.2) is 0 Å².